The highest BCUT2D eigenvalue weighted by Crippen LogP contribution is 2.36. The molecule has 0 fully saturated rings. The Morgan fingerprint density at radius 3 is 2.45 bits per heavy atom. The van der Waals surface area contributed by atoms with Crippen LogP contribution in [0.5, 0.6) is 0 Å². The molecule has 0 aliphatic rings. The smallest absolute Gasteiger partial charge is 0.384 e. The summed E-state index contributed by atoms with van der Waals surface area (Å²) in [4.78, 5) is 0. The number of alkyl halides is 3. The average Bonchev–Trinajstić information content (AvgIpc) is 2.70. The molecular weight excluding hydrogens is 360 g/mol. The largest absolute Gasteiger partial charge is 0.452 e. The number of hydrogen-bond acceptors (Lipinski definition) is 3. The van der Waals surface area contributed by atoms with Gasteiger partial charge in [0.15, 0.2) is 0 Å². The van der Waals surface area contributed by atoms with E-state index in [-0.39, 0.29) is 20.5 Å². The lowest BCUT2D eigenvalue weighted by molar-refractivity contribution is -0.146. The molecule has 0 radical (unpaired) electrons. The molecule has 1 aromatic heterocycles. The zero-order chi connectivity index (χ0) is 16.7. The van der Waals surface area contributed by atoms with Crippen LogP contribution in [0.4, 0.5) is 18.9 Å². The van der Waals surface area contributed by atoms with Crippen molar-refractivity contribution in [2.45, 2.75) is 13.1 Å². The number of benzene rings is 1. The summed E-state index contributed by atoms with van der Waals surface area (Å²) in [6.45, 7) is 2.45. The van der Waals surface area contributed by atoms with Gasteiger partial charge in [0.05, 0.1) is 21.4 Å². The molecule has 120 valence electrons. The number of nitrogens with zero attached hydrogens (tertiary/aromatic N) is 3. The van der Waals surface area contributed by atoms with Crippen molar-refractivity contribution in [3.63, 3.8) is 0 Å². The first-order chi connectivity index (χ1) is 10.2. The summed E-state index contributed by atoms with van der Waals surface area (Å²) in [5, 5.41) is 6.70. The second-order valence-corrected chi connectivity index (χ2v) is 5.56. The molecule has 0 aliphatic carbocycles. The zero-order valence-electron chi connectivity index (χ0n) is 11.5. The second-order valence-electron chi connectivity index (χ2n) is 4.38. The molecule has 0 atom stereocenters. The fourth-order valence-corrected chi connectivity index (χ4v) is 2.60. The summed E-state index contributed by atoms with van der Waals surface area (Å²) in [6, 6.07) is 2.78. The minimum Gasteiger partial charge on any atom is -0.384 e. The number of nitrogens with one attached hydrogen (secondary N) is 1. The molecule has 1 N–H and O–H groups in total. The summed E-state index contributed by atoms with van der Waals surface area (Å²) >= 11 is 17.2. The normalized spacial score (nSPS) is 11.8. The third-order valence-electron chi connectivity index (χ3n) is 2.82. The zero-order valence-corrected chi connectivity index (χ0v) is 13.8. The molecular formula is C12H11Cl2F3N4S. The number of aryl methyl sites for hydroxylation is 1. The van der Waals surface area contributed by atoms with Gasteiger partial charge in [-0.1, -0.05) is 23.2 Å². The third-order valence-corrected chi connectivity index (χ3v) is 3.89. The fraction of sp³-hybridized carbons (Fsp3) is 0.333. The van der Waals surface area contributed by atoms with Gasteiger partial charge in [-0.05, 0) is 31.3 Å². The SMILES string of the molecule is CCNc1cc(Cl)c(-n2c(C(F)(F)F)nn(C)c2=S)cc1Cl. The van der Waals surface area contributed by atoms with Crippen molar-refractivity contribution in [1.29, 1.82) is 0 Å². The van der Waals surface area contributed by atoms with E-state index >= 15 is 0 Å². The van der Waals surface area contributed by atoms with Gasteiger partial charge in [-0.15, -0.1) is 5.10 Å². The van der Waals surface area contributed by atoms with Crippen molar-refractivity contribution < 1.29 is 13.2 Å². The Morgan fingerprint density at radius 1 is 1.27 bits per heavy atom. The van der Waals surface area contributed by atoms with E-state index < -0.39 is 12.0 Å². The van der Waals surface area contributed by atoms with Crippen molar-refractivity contribution in [3.05, 3.63) is 32.8 Å². The molecule has 0 bridgehead atoms. The van der Waals surface area contributed by atoms with Crippen LogP contribution in [-0.2, 0) is 13.2 Å². The molecule has 0 saturated heterocycles. The van der Waals surface area contributed by atoms with Crippen LogP contribution >= 0.6 is 35.4 Å². The van der Waals surface area contributed by atoms with E-state index in [1.54, 1.807) is 0 Å². The lowest BCUT2D eigenvalue weighted by atomic mass is 10.2. The van der Waals surface area contributed by atoms with E-state index in [4.69, 9.17) is 35.4 Å². The maximum atomic E-state index is 13.1. The standard InChI is InChI=1S/C12H11Cl2F3N4S/c1-3-18-8-4-7(14)9(5-6(8)13)21-10(12(15,16)17)19-20(2)11(21)22/h4-5,18H,3H2,1-2H3. The summed E-state index contributed by atoms with van der Waals surface area (Å²) in [7, 11) is 1.33. The summed E-state index contributed by atoms with van der Waals surface area (Å²) in [6.07, 6.45) is -4.68. The number of anilines is 1. The highest BCUT2D eigenvalue weighted by atomic mass is 35.5. The lowest BCUT2D eigenvalue weighted by Crippen LogP contribution is -2.14. The summed E-state index contributed by atoms with van der Waals surface area (Å²) in [5.41, 5.74) is 0.556. The minimum absolute atomic E-state index is 0.0266. The lowest BCUT2D eigenvalue weighted by Gasteiger charge is -2.13. The minimum atomic E-state index is -4.68. The van der Waals surface area contributed by atoms with Crippen molar-refractivity contribution >= 4 is 41.1 Å². The van der Waals surface area contributed by atoms with Gasteiger partial charge in [0.2, 0.25) is 10.6 Å². The van der Waals surface area contributed by atoms with E-state index in [1.165, 1.54) is 19.2 Å². The van der Waals surface area contributed by atoms with Gasteiger partial charge in [0.1, 0.15) is 0 Å². The van der Waals surface area contributed by atoms with Gasteiger partial charge < -0.3 is 5.32 Å². The van der Waals surface area contributed by atoms with Crippen LogP contribution in [0.2, 0.25) is 10.0 Å². The Bertz CT molecular complexity index is 767. The molecule has 0 amide bonds. The molecule has 0 spiro atoms. The van der Waals surface area contributed by atoms with Crippen molar-refractivity contribution in [2.24, 2.45) is 7.05 Å². The topological polar surface area (TPSA) is 34.8 Å². The van der Waals surface area contributed by atoms with Gasteiger partial charge >= 0.3 is 6.18 Å². The quantitative estimate of drug-likeness (QED) is 0.795. The third kappa shape index (κ3) is 3.09. The monoisotopic (exact) mass is 370 g/mol. The van der Waals surface area contributed by atoms with E-state index in [9.17, 15) is 13.2 Å². The fourth-order valence-electron chi connectivity index (χ4n) is 1.90. The molecule has 22 heavy (non-hydrogen) atoms. The molecule has 0 aliphatic heterocycles. The van der Waals surface area contributed by atoms with Gasteiger partial charge in [-0.25, -0.2) is 4.68 Å². The number of halogens is 5. The second kappa shape index (κ2) is 6.10. The van der Waals surface area contributed by atoms with Gasteiger partial charge in [-0.3, -0.25) is 4.57 Å². The maximum absolute atomic E-state index is 13.1. The first-order valence-electron chi connectivity index (χ1n) is 6.13. The molecule has 2 rings (SSSR count). The molecule has 0 unspecified atom stereocenters. The molecule has 1 aromatic carbocycles. The molecule has 0 saturated carbocycles. The Kier molecular flexibility index (Phi) is 4.74. The van der Waals surface area contributed by atoms with Crippen LogP contribution in [0.15, 0.2) is 12.1 Å². The van der Waals surface area contributed by atoms with E-state index in [1.807, 2.05) is 6.92 Å². The number of rotatable bonds is 3. The van der Waals surface area contributed by atoms with Crippen LogP contribution in [0, 0.1) is 4.77 Å². The van der Waals surface area contributed by atoms with Crippen LogP contribution in [0.25, 0.3) is 5.69 Å². The van der Waals surface area contributed by atoms with Crippen molar-refractivity contribution in [3.8, 4) is 5.69 Å². The Balaban J connectivity index is 2.73. The van der Waals surface area contributed by atoms with Crippen molar-refractivity contribution in [1.82, 2.24) is 14.3 Å². The highest BCUT2D eigenvalue weighted by Gasteiger charge is 2.39. The Morgan fingerprint density at radius 2 is 1.91 bits per heavy atom. The molecule has 1 heterocycles. The molecule has 2 aromatic rings. The van der Waals surface area contributed by atoms with E-state index in [2.05, 4.69) is 10.4 Å². The number of hydrogen-bond donors (Lipinski definition) is 1. The first-order valence-corrected chi connectivity index (χ1v) is 7.29. The maximum Gasteiger partial charge on any atom is 0.452 e. The Hall–Kier alpha value is -1.25. The highest BCUT2D eigenvalue weighted by molar-refractivity contribution is 7.71. The predicted octanol–water partition coefficient (Wildman–Crippen LogP) is 4.70. The van der Waals surface area contributed by atoms with E-state index in [0.717, 1.165) is 9.25 Å². The number of aromatic nitrogens is 3. The summed E-state index contributed by atoms with van der Waals surface area (Å²) in [5.74, 6) is -1.16. The molecule has 4 nitrogen and oxygen atoms in total. The van der Waals surface area contributed by atoms with Gasteiger partial charge in [-0.2, -0.15) is 13.2 Å². The molecule has 10 heteroatoms. The average molecular weight is 371 g/mol. The van der Waals surface area contributed by atoms with Gasteiger partial charge in [0.25, 0.3) is 0 Å². The van der Waals surface area contributed by atoms with Crippen LogP contribution in [0.1, 0.15) is 12.7 Å². The van der Waals surface area contributed by atoms with Crippen LogP contribution in [0.3, 0.4) is 0 Å². The van der Waals surface area contributed by atoms with Gasteiger partial charge in [0, 0.05) is 13.6 Å². The van der Waals surface area contributed by atoms with Crippen molar-refractivity contribution in [2.75, 3.05) is 11.9 Å². The van der Waals surface area contributed by atoms with E-state index in [0.29, 0.717) is 12.2 Å². The Labute approximate surface area is 139 Å². The van der Waals surface area contributed by atoms with Crippen LogP contribution in [-0.4, -0.2) is 20.9 Å². The predicted molar refractivity (Wildman–Crippen MR) is 82.6 cm³/mol. The summed E-state index contributed by atoms with van der Waals surface area (Å²) < 4.78 is 41.0. The van der Waals surface area contributed by atoms with Crippen LogP contribution < -0.4 is 5.32 Å². The first kappa shape index (κ1) is 17.1.